The van der Waals surface area contributed by atoms with Crippen LogP contribution in [0, 0.1) is 0 Å². The van der Waals surface area contributed by atoms with Gasteiger partial charge in [0.2, 0.25) is 0 Å². The molecule has 1 N–H and O–H groups in total. The number of aryl methyl sites for hydroxylation is 1. The van der Waals surface area contributed by atoms with Gasteiger partial charge in [0.15, 0.2) is 0 Å². The van der Waals surface area contributed by atoms with Crippen molar-refractivity contribution in [3.05, 3.63) is 72.1 Å². The maximum atomic E-state index is 13.2. The Morgan fingerprint density at radius 1 is 1.08 bits per heavy atom. The van der Waals surface area contributed by atoms with Crippen molar-refractivity contribution in [3.63, 3.8) is 0 Å². The molecule has 1 aliphatic heterocycles. The molecule has 0 atom stereocenters. The molecule has 1 aromatic rings. The number of nitrogens with one attached hydrogen (secondary N) is 1. The summed E-state index contributed by atoms with van der Waals surface area (Å²) in [5.74, 6) is 0.409. The molecule has 1 aliphatic rings. The van der Waals surface area contributed by atoms with Crippen LogP contribution in [0.5, 0.6) is 0 Å². The average molecular weight is 342 g/mol. The second kappa shape index (κ2) is 11.0. The van der Waals surface area contributed by atoms with Crippen molar-refractivity contribution in [2.45, 2.75) is 57.3 Å². The monoisotopic (exact) mass is 341 g/mol. The summed E-state index contributed by atoms with van der Waals surface area (Å²) in [5, 5.41) is 3.43. The minimum atomic E-state index is -0.325. The summed E-state index contributed by atoms with van der Waals surface area (Å²) < 4.78 is 13.2. The molecule has 1 nitrogen and oxygen atoms in total. The molecule has 25 heavy (non-hydrogen) atoms. The van der Waals surface area contributed by atoms with Crippen molar-refractivity contribution in [1.82, 2.24) is 5.32 Å². The van der Waals surface area contributed by atoms with Gasteiger partial charge in [-0.25, -0.2) is 4.39 Å². The maximum absolute atomic E-state index is 13.2. The molecule has 0 radical (unpaired) electrons. The van der Waals surface area contributed by atoms with E-state index >= 15 is 0 Å². The molecule has 2 heteroatoms. The minimum absolute atomic E-state index is 0.325. The largest absolute Gasteiger partial charge is 0.317 e. The van der Waals surface area contributed by atoms with Crippen molar-refractivity contribution in [2.75, 3.05) is 13.1 Å². The van der Waals surface area contributed by atoms with E-state index in [9.17, 15) is 4.39 Å². The summed E-state index contributed by atoms with van der Waals surface area (Å²) >= 11 is 0. The van der Waals surface area contributed by atoms with E-state index in [1.54, 1.807) is 12.2 Å². The Bertz CT molecular complexity index is 564. The lowest BCUT2D eigenvalue weighted by Gasteiger charge is -2.23. The van der Waals surface area contributed by atoms with E-state index in [0.717, 1.165) is 44.7 Å². The predicted molar refractivity (Wildman–Crippen MR) is 107 cm³/mol. The SMILES string of the molecule is C=C/C=C(/CCCCCCc1ccc(C2CCNCC2)cc1)C(=C)F. The molecule has 136 valence electrons. The van der Waals surface area contributed by atoms with Crippen molar-refractivity contribution >= 4 is 0 Å². The molecule has 0 aliphatic carbocycles. The lowest BCUT2D eigenvalue weighted by atomic mass is 9.89. The highest BCUT2D eigenvalue weighted by atomic mass is 19.1. The topological polar surface area (TPSA) is 12.0 Å². The summed E-state index contributed by atoms with van der Waals surface area (Å²) in [6.45, 7) is 9.30. The van der Waals surface area contributed by atoms with Crippen molar-refractivity contribution in [2.24, 2.45) is 0 Å². The van der Waals surface area contributed by atoms with Gasteiger partial charge < -0.3 is 5.32 Å². The van der Waals surface area contributed by atoms with Gasteiger partial charge in [-0.3, -0.25) is 0 Å². The van der Waals surface area contributed by atoms with Crippen molar-refractivity contribution in [3.8, 4) is 0 Å². The molecule has 0 saturated carbocycles. The van der Waals surface area contributed by atoms with Crippen LogP contribution in [0.1, 0.15) is 62.0 Å². The minimum Gasteiger partial charge on any atom is -0.317 e. The summed E-state index contributed by atoms with van der Waals surface area (Å²) in [7, 11) is 0. The molecule has 0 aromatic heterocycles. The van der Waals surface area contributed by atoms with Gasteiger partial charge >= 0.3 is 0 Å². The first-order valence-electron chi connectivity index (χ1n) is 9.66. The van der Waals surface area contributed by atoms with Gasteiger partial charge in [-0.1, -0.05) is 62.4 Å². The fourth-order valence-corrected chi connectivity index (χ4v) is 3.56. The maximum Gasteiger partial charge on any atom is 0.119 e. The van der Waals surface area contributed by atoms with E-state index in [-0.39, 0.29) is 5.83 Å². The van der Waals surface area contributed by atoms with Crippen LogP contribution in [0.15, 0.2) is 61.0 Å². The zero-order chi connectivity index (χ0) is 17.9. The number of benzene rings is 1. The quantitative estimate of drug-likeness (QED) is 0.392. The average Bonchev–Trinajstić information content (AvgIpc) is 2.64. The lowest BCUT2D eigenvalue weighted by Crippen LogP contribution is -2.26. The number of allylic oxidation sites excluding steroid dienone is 4. The Hall–Kier alpha value is -1.67. The van der Waals surface area contributed by atoms with E-state index in [1.807, 2.05) is 0 Å². The van der Waals surface area contributed by atoms with E-state index in [0.29, 0.717) is 5.57 Å². The molecular weight excluding hydrogens is 309 g/mol. The molecule has 1 fully saturated rings. The Kier molecular flexibility index (Phi) is 8.68. The molecule has 1 aromatic carbocycles. The second-order valence-corrected chi connectivity index (χ2v) is 7.01. The fourth-order valence-electron chi connectivity index (χ4n) is 3.56. The molecule has 1 heterocycles. The van der Waals surface area contributed by atoms with E-state index in [4.69, 9.17) is 0 Å². The third kappa shape index (κ3) is 6.99. The highest BCUT2D eigenvalue weighted by molar-refractivity contribution is 5.26. The third-order valence-corrected chi connectivity index (χ3v) is 5.12. The molecule has 2 rings (SSSR count). The fraction of sp³-hybridized carbons (Fsp3) is 0.478. The molecule has 0 spiro atoms. The first-order chi connectivity index (χ1) is 12.2. The van der Waals surface area contributed by atoms with Gasteiger partial charge in [-0.2, -0.15) is 0 Å². The van der Waals surface area contributed by atoms with Crippen LogP contribution in [-0.4, -0.2) is 13.1 Å². The Balaban J connectivity index is 1.64. The Labute approximate surface area is 152 Å². The molecule has 1 saturated heterocycles. The van der Waals surface area contributed by atoms with Gasteiger partial charge in [-0.05, 0) is 74.2 Å². The van der Waals surface area contributed by atoms with Crippen LogP contribution in [0.3, 0.4) is 0 Å². The number of rotatable bonds is 10. The standard InChI is InChI=1S/C23H32FN/c1-3-8-21(19(2)24)10-7-5-4-6-9-20-11-13-22(14-12-20)23-15-17-25-18-16-23/h3,8,11-14,23,25H,1-2,4-7,9-10,15-18H2/b21-8-. The summed E-state index contributed by atoms with van der Waals surface area (Å²) in [5.41, 5.74) is 3.61. The first kappa shape index (κ1) is 19.7. The molecular formula is C23H32FN. The third-order valence-electron chi connectivity index (χ3n) is 5.12. The highest BCUT2D eigenvalue weighted by Gasteiger charge is 2.14. The van der Waals surface area contributed by atoms with Gasteiger partial charge in [-0.15, -0.1) is 0 Å². The normalized spacial score (nSPS) is 16.0. The summed E-state index contributed by atoms with van der Waals surface area (Å²) in [6.07, 6.45) is 12.3. The Morgan fingerprint density at radius 2 is 1.76 bits per heavy atom. The zero-order valence-electron chi connectivity index (χ0n) is 15.4. The van der Waals surface area contributed by atoms with Crippen molar-refractivity contribution < 1.29 is 4.39 Å². The molecule has 0 amide bonds. The smallest absolute Gasteiger partial charge is 0.119 e. The van der Waals surface area contributed by atoms with E-state index in [1.165, 1.54) is 36.8 Å². The van der Waals surface area contributed by atoms with Crippen molar-refractivity contribution in [1.29, 1.82) is 0 Å². The van der Waals surface area contributed by atoms with E-state index in [2.05, 4.69) is 42.7 Å². The predicted octanol–water partition coefficient (Wildman–Crippen LogP) is 6.24. The van der Waals surface area contributed by atoms with E-state index < -0.39 is 0 Å². The van der Waals surface area contributed by atoms with Gasteiger partial charge in [0.1, 0.15) is 5.83 Å². The summed E-state index contributed by atoms with van der Waals surface area (Å²) in [6, 6.07) is 9.25. The summed E-state index contributed by atoms with van der Waals surface area (Å²) in [4.78, 5) is 0. The number of halogens is 1. The van der Waals surface area contributed by atoms with Crippen LogP contribution in [0.2, 0.25) is 0 Å². The molecule has 0 unspecified atom stereocenters. The Morgan fingerprint density at radius 3 is 2.40 bits per heavy atom. The van der Waals surface area contributed by atoms with Crippen LogP contribution in [0.4, 0.5) is 4.39 Å². The lowest BCUT2D eigenvalue weighted by molar-refractivity contribution is 0.460. The van der Waals surface area contributed by atoms with Crippen LogP contribution < -0.4 is 5.32 Å². The van der Waals surface area contributed by atoms with Gasteiger partial charge in [0.05, 0.1) is 0 Å². The van der Waals surface area contributed by atoms with Crippen LogP contribution >= 0.6 is 0 Å². The number of hydrogen-bond donors (Lipinski definition) is 1. The molecule has 0 bridgehead atoms. The first-order valence-corrected chi connectivity index (χ1v) is 9.66. The van der Waals surface area contributed by atoms with Gasteiger partial charge in [0, 0.05) is 0 Å². The van der Waals surface area contributed by atoms with Crippen LogP contribution in [0.25, 0.3) is 0 Å². The zero-order valence-corrected chi connectivity index (χ0v) is 15.4. The van der Waals surface area contributed by atoms with Gasteiger partial charge in [0.25, 0.3) is 0 Å². The highest BCUT2D eigenvalue weighted by Crippen LogP contribution is 2.25. The number of unbranched alkanes of at least 4 members (excludes halogenated alkanes) is 3. The number of hydrogen-bond acceptors (Lipinski definition) is 1. The van der Waals surface area contributed by atoms with Crippen LogP contribution in [-0.2, 0) is 6.42 Å². The second-order valence-electron chi connectivity index (χ2n) is 7.01. The number of piperidine rings is 1.